The normalized spacial score (nSPS) is 24.6. The summed E-state index contributed by atoms with van der Waals surface area (Å²) in [6, 6.07) is 11.9. The van der Waals surface area contributed by atoms with E-state index in [1.54, 1.807) is 18.2 Å². The first-order chi connectivity index (χ1) is 22.8. The van der Waals surface area contributed by atoms with E-state index in [-0.39, 0.29) is 49.1 Å². The molecule has 0 radical (unpaired) electrons. The number of phenols is 1. The van der Waals surface area contributed by atoms with Crippen LogP contribution in [-0.2, 0) is 23.4 Å². The molecule has 9 heteroatoms. The molecule has 3 aliphatic rings. The zero-order chi connectivity index (χ0) is 32.7. The van der Waals surface area contributed by atoms with Gasteiger partial charge in [0, 0.05) is 48.8 Å². The highest BCUT2D eigenvalue weighted by Crippen LogP contribution is 2.60. The zero-order valence-corrected chi connectivity index (χ0v) is 27.3. The minimum absolute atomic E-state index is 0.0328. The van der Waals surface area contributed by atoms with Gasteiger partial charge in [0.2, 0.25) is 0 Å². The third kappa shape index (κ3) is 5.99. The summed E-state index contributed by atoms with van der Waals surface area (Å²) < 4.78 is 8.13. The molecule has 47 heavy (non-hydrogen) atoms. The van der Waals surface area contributed by atoms with Gasteiger partial charge >= 0.3 is 0 Å². The molecule has 3 heterocycles. The molecule has 2 aromatic carbocycles. The van der Waals surface area contributed by atoms with Crippen molar-refractivity contribution in [1.29, 1.82) is 0 Å². The van der Waals surface area contributed by atoms with Gasteiger partial charge in [0.05, 0.1) is 23.9 Å². The Morgan fingerprint density at radius 1 is 1.17 bits per heavy atom. The number of nitrogens with zero attached hydrogens (tertiary/aromatic N) is 1. The van der Waals surface area contributed by atoms with Gasteiger partial charge in [-0.25, -0.2) is 0 Å². The van der Waals surface area contributed by atoms with Gasteiger partial charge in [0.1, 0.15) is 5.78 Å². The lowest BCUT2D eigenvalue weighted by Crippen LogP contribution is -2.46. The van der Waals surface area contributed by atoms with E-state index in [0.717, 1.165) is 30.5 Å². The fourth-order valence-corrected chi connectivity index (χ4v) is 8.96. The third-order valence-electron chi connectivity index (χ3n) is 11.1. The second-order valence-corrected chi connectivity index (χ2v) is 14.1. The summed E-state index contributed by atoms with van der Waals surface area (Å²) in [6.07, 6.45) is 12.1. The van der Waals surface area contributed by atoms with Crippen LogP contribution in [0.4, 0.5) is 0 Å². The van der Waals surface area contributed by atoms with Crippen LogP contribution in [0.5, 0.6) is 11.5 Å². The average Bonchev–Trinajstić information content (AvgIpc) is 3.77. The second-order valence-electron chi connectivity index (χ2n) is 14.1. The molecule has 0 bridgehead atoms. The van der Waals surface area contributed by atoms with Gasteiger partial charge in [-0.3, -0.25) is 10.1 Å². The van der Waals surface area contributed by atoms with Crippen molar-refractivity contribution in [3.63, 3.8) is 0 Å². The van der Waals surface area contributed by atoms with Gasteiger partial charge in [-0.05, 0) is 90.3 Å². The molecular formula is C38H48N4O5. The second kappa shape index (κ2) is 13.1. The number of carbonyl (C=O) groups is 1. The number of H-pyrrole nitrogens is 1. The number of carbonyl (C=O) groups excluding carboxylic acids is 1. The Morgan fingerprint density at radius 3 is 2.89 bits per heavy atom. The predicted octanol–water partition coefficient (Wildman–Crippen LogP) is 5.65. The number of benzene rings is 2. The number of ketones is 1. The molecule has 0 amide bonds. The highest BCUT2D eigenvalue weighted by atomic mass is 16.5. The Hall–Kier alpha value is -3.63. The van der Waals surface area contributed by atoms with Crippen LogP contribution in [0.3, 0.4) is 0 Å². The molecule has 7 rings (SSSR count). The van der Waals surface area contributed by atoms with Crippen molar-refractivity contribution >= 4 is 16.7 Å². The third-order valence-corrected chi connectivity index (χ3v) is 11.1. The number of aromatic hydroxyl groups is 1. The van der Waals surface area contributed by atoms with Crippen molar-refractivity contribution in [3.8, 4) is 11.5 Å². The topological polar surface area (TPSA) is 146 Å². The van der Waals surface area contributed by atoms with Gasteiger partial charge in [-0.1, -0.05) is 44.0 Å². The molecule has 2 aromatic heterocycles. The number of rotatable bonds is 13. The maximum atomic E-state index is 12.5. The van der Waals surface area contributed by atoms with Gasteiger partial charge in [0.25, 0.3) is 0 Å². The number of hydrogen-bond donors (Lipinski definition) is 6. The molecule has 6 unspecified atom stereocenters. The predicted molar refractivity (Wildman–Crippen MR) is 181 cm³/mol. The Balaban J connectivity index is 1.06. The van der Waals surface area contributed by atoms with Gasteiger partial charge < -0.3 is 35.3 Å². The number of nitrogens with two attached hydrogens (primary N) is 1. The van der Waals surface area contributed by atoms with Crippen molar-refractivity contribution in [3.05, 3.63) is 82.8 Å². The molecule has 9 nitrogen and oxygen atoms in total. The summed E-state index contributed by atoms with van der Waals surface area (Å²) in [5, 5.41) is 35.4. The number of hydrogen-bond acceptors (Lipinski definition) is 7. The zero-order valence-electron chi connectivity index (χ0n) is 27.3. The number of aliphatic hydroxyl groups is 2. The fraction of sp³-hybridized carbons (Fsp3) is 0.500. The number of aliphatic hydroxyl groups excluding tert-OH is 2. The smallest absolute Gasteiger partial charge is 0.165 e. The van der Waals surface area contributed by atoms with Crippen molar-refractivity contribution < 1.29 is 24.9 Å². The lowest BCUT2D eigenvalue weighted by Gasteiger charge is -2.48. The Bertz CT molecular complexity index is 1740. The van der Waals surface area contributed by atoms with E-state index in [1.807, 2.05) is 11.5 Å². The highest BCUT2D eigenvalue weighted by Gasteiger charge is 2.53. The van der Waals surface area contributed by atoms with Crippen LogP contribution in [0, 0.1) is 5.92 Å². The molecule has 1 fully saturated rings. The number of phenolic OH excluding ortho intramolecular Hbond substituents is 1. The van der Waals surface area contributed by atoms with Crippen molar-refractivity contribution in [2.24, 2.45) is 11.7 Å². The summed E-state index contributed by atoms with van der Waals surface area (Å²) in [5.41, 5.74) is 14.0. The summed E-state index contributed by atoms with van der Waals surface area (Å²) in [6.45, 7) is 3.14. The first kappa shape index (κ1) is 31.9. The minimum Gasteiger partial charge on any atom is -0.504 e. The minimum atomic E-state index is -0.835. The lowest BCUT2D eigenvalue weighted by atomic mass is 9.57. The van der Waals surface area contributed by atoms with Gasteiger partial charge in [0.15, 0.2) is 18.2 Å². The molecule has 1 saturated carbocycles. The molecule has 0 saturated heterocycles. The lowest BCUT2D eigenvalue weighted by molar-refractivity contribution is -0.121. The van der Waals surface area contributed by atoms with E-state index in [9.17, 15) is 20.1 Å². The molecule has 250 valence electrons. The van der Waals surface area contributed by atoms with Crippen LogP contribution in [0.15, 0.2) is 55.0 Å². The standard InChI is InChI=1S/C38H48N4O5/c1-2-5-26(43)16-28(45)17-27(44)11-9-23-10-12-34(46)35(14-23)47-22-42-20-30-32(19-40-33(30)21-42)38-13-4-6-25(38)15-24-18-41-37(39)29-7-3-8-31(38)36(24)29/h3,7-8,10,12,14,19-21,24-26,28,37,40-41,43,45-46H,2,4-6,9,11,13,15-18,22,39H2,1H3. The number of Topliss-reactive ketones (excluding diaryl/α,β-unsaturated/α-hetero) is 1. The van der Waals surface area contributed by atoms with E-state index in [1.165, 1.54) is 46.9 Å². The van der Waals surface area contributed by atoms with Crippen molar-refractivity contribution in [1.82, 2.24) is 14.9 Å². The van der Waals surface area contributed by atoms with Gasteiger partial charge in [-0.2, -0.15) is 0 Å². The van der Waals surface area contributed by atoms with E-state index < -0.39 is 12.2 Å². The highest BCUT2D eigenvalue weighted by molar-refractivity contribution is 5.85. The number of aromatic amines is 1. The van der Waals surface area contributed by atoms with Crippen LogP contribution in [0.2, 0.25) is 0 Å². The summed E-state index contributed by atoms with van der Waals surface area (Å²) >= 11 is 0. The molecule has 6 atom stereocenters. The maximum absolute atomic E-state index is 12.5. The van der Waals surface area contributed by atoms with E-state index >= 15 is 0 Å². The summed E-state index contributed by atoms with van der Waals surface area (Å²) in [5.74, 6) is 1.44. The van der Waals surface area contributed by atoms with Crippen LogP contribution >= 0.6 is 0 Å². The fourth-order valence-electron chi connectivity index (χ4n) is 8.96. The molecule has 4 aromatic rings. The number of nitrogens with one attached hydrogen (secondary N) is 2. The van der Waals surface area contributed by atoms with Crippen molar-refractivity contribution in [2.45, 2.75) is 108 Å². The number of fused-ring (bicyclic) bond motifs is 3. The SMILES string of the molecule is CCCC(O)CC(O)CC(=O)CCc1ccc(O)c(OCn2cc3[nH]cc(C45CCCC4CC4CNC(N)c6cccc5c64)c3c2)c1. The molecule has 0 spiro atoms. The Kier molecular flexibility index (Phi) is 8.91. The summed E-state index contributed by atoms with van der Waals surface area (Å²) in [4.78, 5) is 16.1. The molecule has 1 aliphatic heterocycles. The van der Waals surface area contributed by atoms with Crippen LogP contribution in [-0.4, -0.2) is 49.4 Å². The van der Waals surface area contributed by atoms with Gasteiger partial charge in [-0.15, -0.1) is 0 Å². The number of ether oxygens (including phenoxy) is 1. The molecule has 7 N–H and O–H groups in total. The van der Waals surface area contributed by atoms with E-state index in [0.29, 0.717) is 30.4 Å². The van der Waals surface area contributed by atoms with E-state index in [4.69, 9.17) is 10.5 Å². The Morgan fingerprint density at radius 2 is 2.04 bits per heavy atom. The first-order valence-corrected chi connectivity index (χ1v) is 17.4. The number of aryl methyl sites for hydroxylation is 1. The largest absolute Gasteiger partial charge is 0.504 e. The number of aromatic nitrogens is 2. The molecular weight excluding hydrogens is 592 g/mol. The van der Waals surface area contributed by atoms with E-state index in [2.05, 4.69) is 47.1 Å². The van der Waals surface area contributed by atoms with Crippen LogP contribution < -0.4 is 15.8 Å². The van der Waals surface area contributed by atoms with Crippen LogP contribution in [0.1, 0.15) is 105 Å². The Labute approximate surface area is 276 Å². The summed E-state index contributed by atoms with van der Waals surface area (Å²) in [7, 11) is 0. The quantitative estimate of drug-likeness (QED) is 0.111. The van der Waals surface area contributed by atoms with Crippen LogP contribution in [0.25, 0.3) is 10.9 Å². The maximum Gasteiger partial charge on any atom is 0.165 e. The molecule has 2 aliphatic carbocycles. The van der Waals surface area contributed by atoms with Crippen molar-refractivity contribution in [2.75, 3.05) is 6.54 Å². The average molecular weight is 641 g/mol. The first-order valence-electron chi connectivity index (χ1n) is 17.4. The monoisotopic (exact) mass is 640 g/mol.